The minimum Gasteiger partial charge on any atom is -0.457 e. The summed E-state index contributed by atoms with van der Waals surface area (Å²) in [7, 11) is 0. The number of nitrogens with one attached hydrogen (secondary N) is 1. The van der Waals surface area contributed by atoms with Crippen LogP contribution in [0.15, 0.2) is 54.6 Å². The van der Waals surface area contributed by atoms with Gasteiger partial charge in [-0.3, -0.25) is 19.3 Å². The number of amides is 3. The first-order valence-corrected chi connectivity index (χ1v) is 10.3. The Morgan fingerprint density at radius 2 is 1.76 bits per heavy atom. The third-order valence-electron chi connectivity index (χ3n) is 4.40. The minimum absolute atomic E-state index is 0.00861. The standard InChI is InChI=1S/C21H23N3O4S/c22-11-4-12-24-20(26)18(29-21(24)27)13-19(25)23-14-15-7-9-17(10-8-15)28-16-5-2-1-3-6-16/h1-3,5-10,18H,4,11-14,22H2,(H,23,25)/p+1. The number of rotatable bonds is 9. The first-order valence-electron chi connectivity index (χ1n) is 9.46. The Balaban J connectivity index is 1.46. The zero-order valence-electron chi connectivity index (χ0n) is 16.0. The summed E-state index contributed by atoms with van der Waals surface area (Å²) in [6.07, 6.45) is 0.659. The lowest BCUT2D eigenvalue weighted by atomic mass is 10.2. The molecule has 1 aliphatic rings. The molecule has 29 heavy (non-hydrogen) atoms. The zero-order chi connectivity index (χ0) is 20.6. The van der Waals surface area contributed by atoms with Crippen molar-refractivity contribution in [3.05, 3.63) is 60.2 Å². The van der Waals surface area contributed by atoms with Crippen molar-refractivity contribution in [2.45, 2.75) is 24.6 Å². The Bertz CT molecular complexity index is 858. The molecule has 0 spiro atoms. The fourth-order valence-corrected chi connectivity index (χ4v) is 3.86. The van der Waals surface area contributed by atoms with Crippen LogP contribution in [0.3, 0.4) is 0 Å². The fourth-order valence-electron chi connectivity index (χ4n) is 2.84. The average molecular weight is 415 g/mol. The molecule has 8 heteroatoms. The molecule has 1 aliphatic heterocycles. The molecule has 3 rings (SSSR count). The quantitative estimate of drug-likeness (QED) is 0.655. The van der Waals surface area contributed by atoms with Crippen LogP contribution < -0.4 is 15.8 Å². The van der Waals surface area contributed by atoms with Gasteiger partial charge < -0.3 is 15.8 Å². The van der Waals surface area contributed by atoms with E-state index in [-0.39, 0.29) is 23.5 Å². The largest absolute Gasteiger partial charge is 0.457 e. The second kappa shape index (κ2) is 10.1. The predicted molar refractivity (Wildman–Crippen MR) is 110 cm³/mol. The van der Waals surface area contributed by atoms with Crippen LogP contribution in [-0.4, -0.2) is 40.3 Å². The van der Waals surface area contributed by atoms with Gasteiger partial charge in [-0.05, 0) is 29.8 Å². The number of hydrogen-bond donors (Lipinski definition) is 2. The van der Waals surface area contributed by atoms with Gasteiger partial charge in [0.15, 0.2) is 0 Å². The van der Waals surface area contributed by atoms with Gasteiger partial charge >= 0.3 is 0 Å². The molecule has 1 heterocycles. The summed E-state index contributed by atoms with van der Waals surface area (Å²) in [4.78, 5) is 37.7. The second-order valence-electron chi connectivity index (χ2n) is 6.61. The number of thioether (sulfide) groups is 1. The first kappa shape index (κ1) is 20.9. The molecule has 0 saturated carbocycles. The van der Waals surface area contributed by atoms with E-state index < -0.39 is 5.25 Å². The number of imide groups is 1. The van der Waals surface area contributed by atoms with Gasteiger partial charge in [-0.15, -0.1) is 0 Å². The van der Waals surface area contributed by atoms with Crippen LogP contribution in [0.5, 0.6) is 11.5 Å². The van der Waals surface area contributed by atoms with Gasteiger partial charge in [0.2, 0.25) is 11.8 Å². The highest BCUT2D eigenvalue weighted by atomic mass is 32.2. The number of benzene rings is 2. The van der Waals surface area contributed by atoms with Gasteiger partial charge in [-0.2, -0.15) is 0 Å². The van der Waals surface area contributed by atoms with Crippen molar-refractivity contribution in [3.8, 4) is 11.5 Å². The molecule has 1 unspecified atom stereocenters. The molecule has 2 aromatic carbocycles. The molecule has 0 radical (unpaired) electrons. The molecule has 4 N–H and O–H groups in total. The fraction of sp³-hybridized carbons (Fsp3) is 0.286. The van der Waals surface area contributed by atoms with Gasteiger partial charge in [0.05, 0.1) is 6.54 Å². The van der Waals surface area contributed by atoms with E-state index in [0.29, 0.717) is 31.8 Å². The first-order chi connectivity index (χ1) is 14.1. The molecule has 0 aromatic heterocycles. The molecule has 2 aromatic rings. The number of nitrogens with zero attached hydrogens (tertiary/aromatic N) is 1. The van der Waals surface area contributed by atoms with E-state index in [1.807, 2.05) is 54.6 Å². The molecule has 7 nitrogen and oxygen atoms in total. The van der Waals surface area contributed by atoms with Crippen molar-refractivity contribution < 1.29 is 24.9 Å². The van der Waals surface area contributed by atoms with Crippen molar-refractivity contribution in [2.75, 3.05) is 13.1 Å². The number of para-hydroxylation sites is 1. The maximum Gasteiger partial charge on any atom is 0.289 e. The number of hydrogen-bond acceptors (Lipinski definition) is 5. The molecular formula is C21H24N3O4S+. The lowest BCUT2D eigenvalue weighted by molar-refractivity contribution is -0.368. The van der Waals surface area contributed by atoms with Gasteiger partial charge in [-0.1, -0.05) is 42.1 Å². The van der Waals surface area contributed by atoms with Crippen molar-refractivity contribution >= 4 is 28.8 Å². The molecule has 3 amide bonds. The Kier molecular flexibility index (Phi) is 7.26. The molecule has 1 saturated heterocycles. The monoisotopic (exact) mass is 414 g/mol. The predicted octanol–water partition coefficient (Wildman–Crippen LogP) is 2.18. The Morgan fingerprint density at radius 1 is 1.07 bits per heavy atom. The molecule has 0 aliphatic carbocycles. The lowest BCUT2D eigenvalue weighted by Gasteiger charge is -2.12. The van der Waals surface area contributed by atoms with E-state index >= 15 is 0 Å². The third kappa shape index (κ3) is 5.82. The van der Waals surface area contributed by atoms with E-state index in [2.05, 4.69) is 11.1 Å². The van der Waals surface area contributed by atoms with E-state index in [0.717, 1.165) is 23.1 Å². The van der Waals surface area contributed by atoms with Crippen LogP contribution in [-0.2, 0) is 16.1 Å². The van der Waals surface area contributed by atoms with Gasteiger partial charge in [0, 0.05) is 25.9 Å². The second-order valence-corrected chi connectivity index (χ2v) is 7.76. The van der Waals surface area contributed by atoms with Gasteiger partial charge in [0.25, 0.3) is 5.24 Å². The summed E-state index contributed by atoms with van der Waals surface area (Å²) in [5.74, 6) is 0.921. The van der Waals surface area contributed by atoms with Crippen LogP contribution in [0.4, 0.5) is 4.79 Å². The van der Waals surface area contributed by atoms with E-state index in [1.165, 1.54) is 4.90 Å². The SMILES string of the molecule is [NH3+]CCCN1C(=O)SC(CC(=O)NCc2ccc(Oc3ccccc3)cc2)C1=O. The van der Waals surface area contributed by atoms with Crippen LogP contribution >= 0.6 is 11.8 Å². The van der Waals surface area contributed by atoms with Crippen molar-refractivity contribution in [1.29, 1.82) is 0 Å². The highest BCUT2D eigenvalue weighted by Gasteiger charge is 2.40. The van der Waals surface area contributed by atoms with Crippen LogP contribution in [0.25, 0.3) is 0 Å². The Hall–Kier alpha value is -2.84. The highest BCUT2D eigenvalue weighted by Crippen LogP contribution is 2.29. The van der Waals surface area contributed by atoms with Crippen molar-refractivity contribution in [3.63, 3.8) is 0 Å². The maximum absolute atomic E-state index is 12.3. The number of carbonyl (C=O) groups excluding carboxylic acids is 3. The number of ether oxygens (including phenoxy) is 1. The smallest absolute Gasteiger partial charge is 0.289 e. The van der Waals surface area contributed by atoms with E-state index in [4.69, 9.17) is 4.74 Å². The number of quaternary nitrogens is 1. The summed E-state index contributed by atoms with van der Waals surface area (Å²) in [5.41, 5.74) is 4.63. The summed E-state index contributed by atoms with van der Waals surface area (Å²) >= 11 is 0.925. The molecule has 1 atom stereocenters. The van der Waals surface area contributed by atoms with Crippen LogP contribution in [0.2, 0.25) is 0 Å². The molecule has 0 bridgehead atoms. The maximum atomic E-state index is 12.3. The highest BCUT2D eigenvalue weighted by molar-refractivity contribution is 8.15. The minimum atomic E-state index is -0.644. The lowest BCUT2D eigenvalue weighted by Crippen LogP contribution is -2.51. The van der Waals surface area contributed by atoms with Gasteiger partial charge in [0.1, 0.15) is 16.7 Å². The Labute approximate surface area is 173 Å². The Morgan fingerprint density at radius 3 is 2.45 bits per heavy atom. The molecule has 152 valence electrons. The van der Waals surface area contributed by atoms with E-state index in [1.54, 1.807) is 0 Å². The normalized spacial score (nSPS) is 16.2. The molecular weight excluding hydrogens is 390 g/mol. The number of carbonyl (C=O) groups is 3. The summed E-state index contributed by atoms with van der Waals surface area (Å²) in [5, 5.41) is 1.88. The van der Waals surface area contributed by atoms with E-state index in [9.17, 15) is 14.4 Å². The summed E-state index contributed by atoms with van der Waals surface area (Å²) < 4.78 is 5.74. The van der Waals surface area contributed by atoms with Gasteiger partial charge in [-0.25, -0.2) is 0 Å². The van der Waals surface area contributed by atoms with Crippen molar-refractivity contribution in [2.24, 2.45) is 0 Å². The average Bonchev–Trinajstić information content (AvgIpc) is 2.99. The summed E-state index contributed by atoms with van der Waals surface area (Å²) in [6.45, 7) is 1.36. The van der Waals surface area contributed by atoms with Crippen LogP contribution in [0, 0.1) is 0 Å². The van der Waals surface area contributed by atoms with Crippen molar-refractivity contribution in [1.82, 2.24) is 10.2 Å². The summed E-state index contributed by atoms with van der Waals surface area (Å²) in [6, 6.07) is 16.9. The van der Waals surface area contributed by atoms with Crippen LogP contribution in [0.1, 0.15) is 18.4 Å². The third-order valence-corrected chi connectivity index (χ3v) is 5.47. The molecule has 1 fully saturated rings. The zero-order valence-corrected chi connectivity index (χ0v) is 16.8. The topological polar surface area (TPSA) is 103 Å².